The van der Waals surface area contributed by atoms with Crippen molar-refractivity contribution < 1.29 is 0 Å². The molecule has 0 fully saturated rings. The van der Waals surface area contributed by atoms with Crippen LogP contribution in [0.1, 0.15) is 25.6 Å². The topological polar surface area (TPSA) is 17.8 Å². The maximum absolute atomic E-state index is 4.98. The molecule has 4 heteroatoms. The number of hydrogen-bond donors (Lipinski definition) is 0. The van der Waals surface area contributed by atoms with E-state index in [0.717, 1.165) is 11.3 Å². The van der Waals surface area contributed by atoms with E-state index in [-0.39, 0.29) is 0 Å². The molecule has 6 aromatic rings. The molecule has 0 saturated heterocycles. The van der Waals surface area contributed by atoms with Gasteiger partial charge in [-0.05, 0) is 35.4 Å². The van der Waals surface area contributed by atoms with Crippen molar-refractivity contribution in [1.82, 2.24) is 9.55 Å². The van der Waals surface area contributed by atoms with Crippen LogP contribution in [0.25, 0.3) is 47.3 Å². The monoisotopic (exact) mass is 424 g/mol. The number of rotatable bonds is 3. The third kappa shape index (κ3) is 2.64. The first-order valence-corrected chi connectivity index (χ1v) is 11.9. The zero-order valence-electron chi connectivity index (χ0n) is 16.8. The van der Waals surface area contributed by atoms with Gasteiger partial charge in [-0.2, -0.15) is 0 Å². The Kier molecular flexibility index (Phi) is 4.05. The molecule has 0 saturated carbocycles. The summed E-state index contributed by atoms with van der Waals surface area (Å²) in [6.45, 7) is 4.45. The van der Waals surface area contributed by atoms with E-state index < -0.39 is 0 Å². The fourth-order valence-electron chi connectivity index (χ4n) is 4.23. The van der Waals surface area contributed by atoms with Crippen molar-refractivity contribution in [2.75, 3.05) is 0 Å². The van der Waals surface area contributed by atoms with Crippen molar-refractivity contribution in [3.05, 3.63) is 84.0 Å². The fraction of sp³-hybridized carbons (Fsp3) is 0.115. The molecule has 0 N–H and O–H groups in total. The molecule has 0 spiro atoms. The zero-order valence-corrected chi connectivity index (χ0v) is 18.4. The van der Waals surface area contributed by atoms with Gasteiger partial charge in [-0.25, -0.2) is 4.98 Å². The Morgan fingerprint density at radius 3 is 2.50 bits per heavy atom. The lowest BCUT2D eigenvalue weighted by Gasteiger charge is -2.11. The van der Waals surface area contributed by atoms with E-state index in [4.69, 9.17) is 4.98 Å². The summed E-state index contributed by atoms with van der Waals surface area (Å²) < 4.78 is 5.09. The molecular formula is C26H20N2S2. The zero-order chi connectivity index (χ0) is 20.2. The largest absolute Gasteiger partial charge is 0.295 e. The Morgan fingerprint density at radius 1 is 0.867 bits per heavy atom. The number of para-hydroxylation sites is 2. The van der Waals surface area contributed by atoms with Gasteiger partial charge in [0.15, 0.2) is 0 Å². The highest BCUT2D eigenvalue weighted by atomic mass is 32.2. The highest BCUT2D eigenvalue weighted by molar-refractivity contribution is 7.41. The van der Waals surface area contributed by atoms with Crippen LogP contribution in [-0.4, -0.2) is 9.55 Å². The van der Waals surface area contributed by atoms with Crippen molar-refractivity contribution in [2.45, 2.75) is 19.8 Å². The summed E-state index contributed by atoms with van der Waals surface area (Å²) in [5.41, 5.74) is 6.01. The Hall–Kier alpha value is -2.95. The first-order chi connectivity index (χ1) is 14.7. The lowest BCUT2D eigenvalue weighted by atomic mass is 10.0. The van der Waals surface area contributed by atoms with Crippen molar-refractivity contribution in [3.8, 4) is 16.8 Å². The molecule has 0 radical (unpaired) electrons. The first kappa shape index (κ1) is 17.9. The fourth-order valence-corrected chi connectivity index (χ4v) is 6.53. The summed E-state index contributed by atoms with van der Waals surface area (Å²) in [4.78, 5) is 4.98. The number of thiophene rings is 2. The van der Waals surface area contributed by atoms with Gasteiger partial charge in [-0.3, -0.25) is 4.57 Å². The van der Waals surface area contributed by atoms with Gasteiger partial charge >= 0.3 is 0 Å². The second-order valence-corrected chi connectivity index (χ2v) is 10.1. The van der Waals surface area contributed by atoms with Crippen LogP contribution >= 0.6 is 22.7 Å². The molecule has 0 aliphatic carbocycles. The number of nitrogens with zero attached hydrogens (tertiary/aromatic N) is 2. The smallest absolute Gasteiger partial charge is 0.117 e. The van der Waals surface area contributed by atoms with Gasteiger partial charge in [0.25, 0.3) is 0 Å². The number of hydrogen-bond acceptors (Lipinski definition) is 3. The highest BCUT2D eigenvalue weighted by Crippen LogP contribution is 2.44. The van der Waals surface area contributed by atoms with Gasteiger partial charge in [0.05, 0.1) is 20.7 Å². The summed E-state index contributed by atoms with van der Waals surface area (Å²) in [5, 5.41) is 4.98. The van der Waals surface area contributed by atoms with Gasteiger partial charge in [-0.15, -0.1) is 22.7 Å². The molecule has 6 rings (SSSR count). The predicted octanol–water partition coefficient (Wildman–Crippen LogP) is 8.25. The van der Waals surface area contributed by atoms with Crippen LogP contribution in [0.5, 0.6) is 0 Å². The van der Waals surface area contributed by atoms with E-state index in [0.29, 0.717) is 5.92 Å². The van der Waals surface area contributed by atoms with E-state index in [1.54, 1.807) is 0 Å². The van der Waals surface area contributed by atoms with E-state index in [1.807, 2.05) is 22.7 Å². The second kappa shape index (κ2) is 6.79. The van der Waals surface area contributed by atoms with Crippen LogP contribution < -0.4 is 0 Å². The molecule has 0 unspecified atom stereocenters. The minimum atomic E-state index is 0.345. The van der Waals surface area contributed by atoms with E-state index >= 15 is 0 Å². The van der Waals surface area contributed by atoms with E-state index in [2.05, 4.69) is 96.6 Å². The van der Waals surface area contributed by atoms with Crippen molar-refractivity contribution in [3.63, 3.8) is 0 Å². The summed E-state index contributed by atoms with van der Waals surface area (Å²) in [5.74, 6) is 1.46. The number of benzene rings is 3. The SMILES string of the molecule is CC(C)c1nc2ccccc2n1-c1csc2sc3ccc(-c4ccccc4)cc3c12. The van der Waals surface area contributed by atoms with Crippen molar-refractivity contribution >= 4 is 53.2 Å². The van der Waals surface area contributed by atoms with Crippen LogP contribution in [0.15, 0.2) is 78.2 Å². The number of aromatic nitrogens is 2. The van der Waals surface area contributed by atoms with Gasteiger partial charge in [0.1, 0.15) is 5.82 Å². The quantitative estimate of drug-likeness (QED) is 0.280. The summed E-state index contributed by atoms with van der Waals surface area (Å²) in [6, 6.07) is 26.0. The Morgan fingerprint density at radius 2 is 1.67 bits per heavy atom. The van der Waals surface area contributed by atoms with Gasteiger partial charge < -0.3 is 0 Å². The molecule has 30 heavy (non-hydrogen) atoms. The van der Waals surface area contributed by atoms with Crippen LogP contribution in [0.4, 0.5) is 0 Å². The highest BCUT2D eigenvalue weighted by Gasteiger charge is 2.20. The van der Waals surface area contributed by atoms with Crippen LogP contribution in [0, 0.1) is 0 Å². The third-order valence-corrected chi connectivity index (χ3v) is 7.90. The standard InChI is InChI=1S/C26H20N2S2/c1-16(2)25-27-20-10-6-7-11-21(20)28(25)22-15-29-26-24(22)19-14-18(12-13-23(19)30-26)17-8-4-3-5-9-17/h3-16H,1-2H3. The van der Waals surface area contributed by atoms with Gasteiger partial charge in [-0.1, -0.05) is 62.4 Å². The molecule has 2 nitrogen and oxygen atoms in total. The molecule has 0 aliphatic rings. The summed E-state index contributed by atoms with van der Waals surface area (Å²) in [6.07, 6.45) is 0. The van der Waals surface area contributed by atoms with Crippen LogP contribution in [-0.2, 0) is 0 Å². The predicted molar refractivity (Wildman–Crippen MR) is 131 cm³/mol. The van der Waals surface area contributed by atoms with Crippen molar-refractivity contribution in [2.24, 2.45) is 0 Å². The van der Waals surface area contributed by atoms with Gasteiger partial charge in [0, 0.05) is 26.8 Å². The Labute approximate surface area is 183 Å². The molecule has 3 heterocycles. The van der Waals surface area contributed by atoms with Gasteiger partial charge in [0.2, 0.25) is 0 Å². The van der Waals surface area contributed by atoms with Crippen LogP contribution in [0.2, 0.25) is 0 Å². The minimum absolute atomic E-state index is 0.345. The molecule has 3 aromatic heterocycles. The summed E-state index contributed by atoms with van der Waals surface area (Å²) in [7, 11) is 0. The Balaban J connectivity index is 1.67. The molecule has 146 valence electrons. The van der Waals surface area contributed by atoms with E-state index in [1.165, 1.54) is 41.8 Å². The number of imidazole rings is 1. The molecule has 0 amide bonds. The minimum Gasteiger partial charge on any atom is -0.295 e. The Bertz CT molecular complexity index is 1520. The van der Waals surface area contributed by atoms with E-state index in [9.17, 15) is 0 Å². The summed E-state index contributed by atoms with van der Waals surface area (Å²) >= 11 is 3.73. The molecule has 0 aliphatic heterocycles. The number of fused-ring (bicyclic) bond motifs is 4. The first-order valence-electron chi connectivity index (χ1n) is 10.2. The average Bonchev–Trinajstić information content (AvgIpc) is 3.45. The maximum atomic E-state index is 4.98. The molecule has 0 bridgehead atoms. The normalized spacial score (nSPS) is 12.0. The molecular weight excluding hydrogens is 404 g/mol. The van der Waals surface area contributed by atoms with Crippen molar-refractivity contribution in [1.29, 1.82) is 0 Å². The lowest BCUT2D eigenvalue weighted by Crippen LogP contribution is -2.02. The van der Waals surface area contributed by atoms with Crippen LogP contribution in [0.3, 0.4) is 0 Å². The molecule has 0 atom stereocenters. The maximum Gasteiger partial charge on any atom is 0.117 e. The second-order valence-electron chi connectivity index (χ2n) is 7.91. The average molecular weight is 425 g/mol. The third-order valence-electron chi connectivity index (χ3n) is 5.64. The molecule has 3 aromatic carbocycles. The lowest BCUT2D eigenvalue weighted by molar-refractivity contribution is 0.762.